The third kappa shape index (κ3) is 3.13. The first-order valence-electron chi connectivity index (χ1n) is 5.83. The zero-order valence-electron chi connectivity index (χ0n) is 10.7. The van der Waals surface area contributed by atoms with Gasteiger partial charge < -0.3 is 4.90 Å². The number of benzene rings is 1. The number of thioether (sulfide) groups is 1. The Morgan fingerprint density at radius 1 is 1.18 bits per heavy atom. The minimum Gasteiger partial charge on any atom is -0.378 e. The summed E-state index contributed by atoms with van der Waals surface area (Å²) in [5.74, 6) is 1.20. The minimum absolute atomic E-state index is 1.16. The molecule has 0 N–H and O–H groups in total. The van der Waals surface area contributed by atoms with Crippen LogP contribution in [0.2, 0.25) is 0 Å². The van der Waals surface area contributed by atoms with Crippen molar-refractivity contribution >= 4 is 28.6 Å². The number of hydrogen-bond acceptors (Lipinski definition) is 2. The van der Waals surface area contributed by atoms with Gasteiger partial charge in [0.1, 0.15) is 7.05 Å². The van der Waals surface area contributed by atoms with Crippen LogP contribution in [0.5, 0.6) is 0 Å². The van der Waals surface area contributed by atoms with E-state index in [4.69, 9.17) is 0 Å². The number of hydrogen-bond donors (Lipinski definition) is 0. The lowest BCUT2D eigenvalue weighted by Gasteiger charge is -2.11. The lowest BCUT2D eigenvalue weighted by molar-refractivity contribution is -0.485. The molecule has 0 saturated heterocycles. The molecule has 2 nitrogen and oxygen atoms in total. The molecule has 1 aromatic rings. The molecule has 0 radical (unpaired) electrons. The third-order valence-electron chi connectivity index (χ3n) is 2.88. The van der Waals surface area contributed by atoms with Crippen molar-refractivity contribution in [3.05, 3.63) is 35.9 Å². The van der Waals surface area contributed by atoms with Crippen LogP contribution in [0.3, 0.4) is 0 Å². The summed E-state index contributed by atoms with van der Waals surface area (Å²) in [7, 11) is 6.27. The Morgan fingerprint density at radius 3 is 2.41 bits per heavy atom. The van der Waals surface area contributed by atoms with Crippen LogP contribution in [-0.2, 0) is 0 Å². The van der Waals surface area contributed by atoms with Crippen LogP contribution in [0.4, 0.5) is 5.69 Å². The van der Waals surface area contributed by atoms with Crippen molar-refractivity contribution < 1.29 is 4.58 Å². The van der Waals surface area contributed by atoms with Gasteiger partial charge in [-0.2, -0.15) is 0 Å². The van der Waals surface area contributed by atoms with E-state index in [1.54, 1.807) is 0 Å². The Labute approximate surface area is 108 Å². The van der Waals surface area contributed by atoms with Gasteiger partial charge in [-0.25, -0.2) is 4.58 Å². The van der Waals surface area contributed by atoms with Gasteiger partial charge in [0.05, 0.1) is 5.75 Å². The molecule has 0 aromatic heterocycles. The van der Waals surface area contributed by atoms with E-state index in [9.17, 15) is 0 Å². The first-order valence-corrected chi connectivity index (χ1v) is 6.82. The van der Waals surface area contributed by atoms with Crippen LogP contribution in [0.1, 0.15) is 5.56 Å². The predicted molar refractivity (Wildman–Crippen MR) is 78.3 cm³/mol. The van der Waals surface area contributed by atoms with Gasteiger partial charge in [-0.1, -0.05) is 23.9 Å². The Kier molecular flexibility index (Phi) is 3.89. The van der Waals surface area contributed by atoms with Crippen molar-refractivity contribution in [1.82, 2.24) is 0 Å². The second-order valence-electron chi connectivity index (χ2n) is 4.43. The molecule has 0 spiro atoms. The summed E-state index contributed by atoms with van der Waals surface area (Å²) in [5.41, 5.74) is 2.49. The summed E-state index contributed by atoms with van der Waals surface area (Å²) in [4.78, 5) is 2.11. The van der Waals surface area contributed by atoms with Gasteiger partial charge in [-0.15, -0.1) is 0 Å². The van der Waals surface area contributed by atoms with Crippen molar-refractivity contribution in [2.75, 3.05) is 38.3 Å². The number of anilines is 1. The SMILES string of the molecule is CN(C)c1ccc(/C=C/C2=[N+](C)CCS2)cc1. The summed E-state index contributed by atoms with van der Waals surface area (Å²) in [6.07, 6.45) is 4.39. The zero-order chi connectivity index (χ0) is 12.3. The first kappa shape index (κ1) is 12.2. The topological polar surface area (TPSA) is 6.25 Å². The van der Waals surface area contributed by atoms with E-state index in [1.807, 2.05) is 11.8 Å². The largest absolute Gasteiger partial charge is 0.378 e. The molecule has 90 valence electrons. The molecule has 1 aromatic carbocycles. The van der Waals surface area contributed by atoms with Crippen LogP contribution in [0.15, 0.2) is 30.3 Å². The quantitative estimate of drug-likeness (QED) is 0.757. The second-order valence-corrected chi connectivity index (χ2v) is 5.54. The molecule has 1 aliphatic heterocycles. The van der Waals surface area contributed by atoms with Crippen molar-refractivity contribution in [1.29, 1.82) is 0 Å². The summed E-state index contributed by atoms with van der Waals surface area (Å²) in [5, 5.41) is 1.36. The molecule has 0 amide bonds. The highest BCUT2D eigenvalue weighted by molar-refractivity contribution is 8.14. The molecule has 0 aliphatic carbocycles. The van der Waals surface area contributed by atoms with Crippen LogP contribution in [0, 0.1) is 0 Å². The summed E-state index contributed by atoms with van der Waals surface area (Å²) in [6.45, 7) is 1.16. The van der Waals surface area contributed by atoms with Crippen molar-refractivity contribution in [3.63, 3.8) is 0 Å². The van der Waals surface area contributed by atoms with E-state index >= 15 is 0 Å². The highest BCUT2D eigenvalue weighted by Crippen LogP contribution is 2.15. The molecule has 1 aliphatic rings. The molecule has 2 rings (SSSR count). The average molecular weight is 247 g/mol. The van der Waals surface area contributed by atoms with Gasteiger partial charge >= 0.3 is 0 Å². The molecule has 0 bridgehead atoms. The molecule has 17 heavy (non-hydrogen) atoms. The fourth-order valence-electron chi connectivity index (χ4n) is 1.73. The number of nitrogens with zero attached hydrogens (tertiary/aromatic N) is 2. The summed E-state index contributed by atoms with van der Waals surface area (Å²) >= 11 is 1.93. The zero-order valence-corrected chi connectivity index (χ0v) is 11.5. The smallest absolute Gasteiger partial charge is 0.234 e. The minimum atomic E-state index is 1.16. The third-order valence-corrected chi connectivity index (χ3v) is 4.01. The monoisotopic (exact) mass is 247 g/mol. The second kappa shape index (κ2) is 5.41. The maximum atomic E-state index is 2.30. The van der Waals surface area contributed by atoms with Crippen molar-refractivity contribution in [3.8, 4) is 0 Å². The van der Waals surface area contributed by atoms with Gasteiger partial charge in [0.25, 0.3) is 0 Å². The molecule has 0 saturated carbocycles. The van der Waals surface area contributed by atoms with E-state index in [0.29, 0.717) is 0 Å². The van der Waals surface area contributed by atoms with Gasteiger partial charge in [0, 0.05) is 25.9 Å². The van der Waals surface area contributed by atoms with Crippen LogP contribution in [-0.4, -0.2) is 43.1 Å². The predicted octanol–water partition coefficient (Wildman–Crippen LogP) is 2.55. The molecule has 0 atom stereocenters. The summed E-state index contributed by atoms with van der Waals surface area (Å²) < 4.78 is 2.30. The maximum Gasteiger partial charge on any atom is 0.234 e. The fraction of sp³-hybridized carbons (Fsp3) is 0.357. The van der Waals surface area contributed by atoms with Crippen LogP contribution < -0.4 is 4.90 Å². The molecular weight excluding hydrogens is 228 g/mol. The molecular formula is C14H19N2S+. The Bertz CT molecular complexity index is 444. The van der Waals surface area contributed by atoms with Gasteiger partial charge in [-0.3, -0.25) is 0 Å². The van der Waals surface area contributed by atoms with E-state index in [-0.39, 0.29) is 0 Å². The van der Waals surface area contributed by atoms with E-state index < -0.39 is 0 Å². The standard InChI is InChI=1S/C14H19N2S/c1-15(2)13-7-4-12(5-8-13)6-9-14-16(3)10-11-17-14/h4-9H,10-11H2,1-3H3/q+1. The van der Waals surface area contributed by atoms with E-state index in [2.05, 4.69) is 67.0 Å². The Hall–Kier alpha value is -1.22. The molecule has 3 heteroatoms. The van der Waals surface area contributed by atoms with Crippen molar-refractivity contribution in [2.45, 2.75) is 0 Å². The van der Waals surface area contributed by atoms with Gasteiger partial charge in [0.15, 0.2) is 6.54 Å². The van der Waals surface area contributed by atoms with Gasteiger partial charge in [-0.05, 0) is 23.8 Å². The summed E-state index contributed by atoms with van der Waals surface area (Å²) in [6, 6.07) is 8.61. The highest BCUT2D eigenvalue weighted by Gasteiger charge is 2.15. The molecule has 1 heterocycles. The fourth-order valence-corrected chi connectivity index (χ4v) is 2.78. The van der Waals surface area contributed by atoms with Crippen LogP contribution >= 0.6 is 11.8 Å². The highest BCUT2D eigenvalue weighted by atomic mass is 32.2. The lowest BCUT2D eigenvalue weighted by atomic mass is 10.2. The number of rotatable bonds is 3. The van der Waals surface area contributed by atoms with E-state index in [0.717, 1.165) is 6.54 Å². The maximum absolute atomic E-state index is 2.30. The molecule has 0 fully saturated rings. The Morgan fingerprint density at radius 2 is 1.88 bits per heavy atom. The molecule has 0 unspecified atom stereocenters. The van der Waals surface area contributed by atoms with Gasteiger partial charge in [0.2, 0.25) is 5.04 Å². The van der Waals surface area contributed by atoms with Crippen molar-refractivity contribution in [2.24, 2.45) is 0 Å². The average Bonchev–Trinajstić information content (AvgIpc) is 2.73. The first-order chi connectivity index (χ1) is 8.16. The Balaban J connectivity index is 2.09. The van der Waals surface area contributed by atoms with Crippen LogP contribution in [0.25, 0.3) is 6.08 Å². The van der Waals surface area contributed by atoms with E-state index in [1.165, 1.54) is 22.0 Å². The normalized spacial score (nSPS) is 15.9. The lowest BCUT2D eigenvalue weighted by Crippen LogP contribution is -2.08.